The molecule has 18 aromatic heterocycles. The van der Waals surface area contributed by atoms with Gasteiger partial charge in [0.2, 0.25) is 5.78 Å². The predicted octanol–water partition coefficient (Wildman–Crippen LogP) is 19.9. The van der Waals surface area contributed by atoms with Crippen LogP contribution in [0, 0.1) is 27.7 Å². The van der Waals surface area contributed by atoms with Crippen molar-refractivity contribution in [2.24, 2.45) is 4.30 Å². The Kier molecular flexibility index (Phi) is 27.6. The number of nitrogens with one attached hydrogen (secondary N) is 1. The molecule has 1 aliphatic rings. The molecular formula is C91H78B2Br4N21O6S. The number of ketones is 2. The molecule has 1 N–H and O–H groups in total. The number of hydrogen-bond donors (Lipinski definition) is 2. The number of pyridine rings is 14. The van der Waals surface area contributed by atoms with Gasteiger partial charge in [-0.3, -0.25) is 63.4 Å². The molecule has 623 valence electrons. The third-order valence-corrected chi connectivity index (χ3v) is 21.8. The van der Waals surface area contributed by atoms with Crippen molar-refractivity contribution in [1.82, 2.24) is 98.6 Å². The van der Waals surface area contributed by atoms with Gasteiger partial charge in [-0.1, -0.05) is 52.3 Å². The van der Waals surface area contributed by atoms with Crippen LogP contribution in [-0.4, -0.2) is 148 Å². The molecule has 0 saturated carbocycles. The van der Waals surface area contributed by atoms with Gasteiger partial charge in [0.1, 0.15) is 55.9 Å². The van der Waals surface area contributed by atoms with Crippen molar-refractivity contribution in [1.29, 1.82) is 0 Å². The van der Waals surface area contributed by atoms with Crippen LogP contribution in [0.2, 0.25) is 0 Å². The van der Waals surface area contributed by atoms with Crippen molar-refractivity contribution in [2.75, 3.05) is 0 Å². The van der Waals surface area contributed by atoms with Crippen molar-refractivity contribution >= 4 is 170 Å². The average molecular weight is 1940 g/mol. The number of rotatable bonds is 12. The number of imidazole rings is 2. The molecule has 125 heavy (non-hydrogen) atoms. The summed E-state index contributed by atoms with van der Waals surface area (Å²) in [5.74, 6) is -0.146. The van der Waals surface area contributed by atoms with Crippen molar-refractivity contribution in [3.8, 4) is 56.7 Å². The maximum atomic E-state index is 12.5. The van der Waals surface area contributed by atoms with Crippen molar-refractivity contribution in [3.63, 3.8) is 0 Å². The minimum atomic E-state index is -0.562. The molecule has 0 aliphatic carbocycles. The Labute approximate surface area is 759 Å². The molecule has 1 unspecified atom stereocenters. The molecule has 0 spiro atoms. The van der Waals surface area contributed by atoms with Crippen molar-refractivity contribution in [2.45, 2.75) is 104 Å². The second kappa shape index (κ2) is 38.8. The number of thiol groups is 1. The van der Waals surface area contributed by atoms with E-state index in [1.54, 1.807) is 55.4 Å². The van der Waals surface area contributed by atoms with Gasteiger partial charge in [-0.25, -0.2) is 34.7 Å². The molecule has 0 aromatic carbocycles. The van der Waals surface area contributed by atoms with E-state index in [1.807, 2.05) is 265 Å². The third kappa shape index (κ3) is 21.5. The van der Waals surface area contributed by atoms with E-state index in [1.165, 1.54) is 0 Å². The summed E-state index contributed by atoms with van der Waals surface area (Å²) in [7, 11) is 3.80. The van der Waals surface area contributed by atoms with Crippen molar-refractivity contribution in [3.05, 3.63) is 303 Å². The van der Waals surface area contributed by atoms with E-state index in [-0.39, 0.29) is 18.0 Å². The van der Waals surface area contributed by atoms with Crippen LogP contribution < -0.4 is 5.46 Å². The summed E-state index contributed by atoms with van der Waals surface area (Å²) in [5.41, 5.74) is 21.9. The number of Topliss-reactive ketones (excluding diaryl/α,β-unsaturated/α-hetero) is 2. The van der Waals surface area contributed by atoms with Crippen LogP contribution in [0.15, 0.2) is 262 Å². The van der Waals surface area contributed by atoms with Gasteiger partial charge in [-0.15, -0.1) is 0 Å². The van der Waals surface area contributed by atoms with E-state index < -0.39 is 34.8 Å². The van der Waals surface area contributed by atoms with Crippen LogP contribution in [0.5, 0.6) is 0 Å². The Morgan fingerprint density at radius 3 is 1.48 bits per heavy atom. The number of aryl methyl sites for hydroxylation is 4. The molecule has 1 aliphatic heterocycles. The fraction of sp³-hybridized carbons (Fsp3) is 0.176. The standard InChI is InChI=1S/C24H17N7.C21H14BrN5.C16H11Br2N3O.C16H12BrN3O.C14H23BN2O4.BHNS/c1-15-5-4-6-19(28-15)23-24(31-10-3-2-7-22(31)30-23)20-9-8-18-21(29-20)11-16(12-25-18)17-13-26-27-14-17;1-13-5-4-6-16(24-13)20-21(27-10-3-2-7-19(27)26-20)17-9-8-15-18(25-17)11-14(22)12-23-15;1-9-3-2-4-13(20-9)16(22)15(18)12-6-5-11-14(21-12)7-10(17)8-19-11;1-10-3-2-4-14(19-10)16(21)8-12-5-6-13-15(20-12)7-11(17)9-18-13;1-12(2,3)19-11(18)17-9-10(8-16-17)15-20-13(4,5)14(6,7)21-15;1-2-3/h2-14H,1H3,(H,26,27);2-12H,1H3;2-8,15H,1H3;2-7,9H,8H2,1H3;8-9H,1-7H3;3H. The summed E-state index contributed by atoms with van der Waals surface area (Å²) in [6.07, 6.45) is 17.5. The summed E-state index contributed by atoms with van der Waals surface area (Å²) < 4.78 is 27.7. The SMILES string of the molecule is CC(C)(C)OC(=O)n1cc(B2OC(C)(C)C(C)(C)O2)cn1.Cc1cccc(-c2nc3ccccn3c2-c2ccc3ncc(-c4cn[nH]c4)cc3n2)n1.Cc1cccc(-c2nc3ccccn3c2-c2ccc3ncc(Br)cc3n2)n1.Cc1cccc(C(=O)C(Br)c2ccc3ncc(Br)cc3n2)n1.Cc1cccc(C(=O)Cc2ccc3ncc(Br)cc3n2)n1.[B]=NS. The van der Waals surface area contributed by atoms with Gasteiger partial charge in [-0.05, 0) is 270 Å². The number of carbonyl (C=O) groups excluding carboxylic acids is 3. The Balaban J connectivity index is 0.000000127. The summed E-state index contributed by atoms with van der Waals surface area (Å²) >= 11 is 16.8. The molecule has 18 aromatic rings. The monoisotopic (exact) mass is 1930 g/mol. The third-order valence-electron chi connectivity index (χ3n) is 19.6. The van der Waals surface area contributed by atoms with Gasteiger partial charge < -0.3 is 14.0 Å². The zero-order valence-electron chi connectivity index (χ0n) is 69.4. The van der Waals surface area contributed by atoms with Crippen LogP contribution in [0.3, 0.4) is 0 Å². The summed E-state index contributed by atoms with van der Waals surface area (Å²) in [4.78, 5) is 100. The van der Waals surface area contributed by atoms with E-state index in [0.29, 0.717) is 22.5 Å². The van der Waals surface area contributed by atoms with Gasteiger partial charge in [-0.2, -0.15) is 14.9 Å². The molecule has 1 atom stereocenters. The second-order valence-electron chi connectivity index (χ2n) is 30.6. The number of carbonyl (C=O) groups is 3. The van der Waals surface area contributed by atoms with Crippen LogP contribution >= 0.6 is 76.5 Å². The number of fused-ring (bicyclic) bond motifs is 6. The van der Waals surface area contributed by atoms with Crippen LogP contribution in [0.25, 0.3) is 112 Å². The topological polar surface area (TPSA) is 327 Å². The van der Waals surface area contributed by atoms with E-state index in [2.05, 4.69) is 157 Å². The van der Waals surface area contributed by atoms with E-state index >= 15 is 0 Å². The fourth-order valence-corrected chi connectivity index (χ4v) is 14.5. The Hall–Kier alpha value is -12.4. The maximum absolute atomic E-state index is 12.5. The first kappa shape index (κ1) is 88.9. The second-order valence-corrected chi connectivity index (χ2v) is 34.5. The Bertz CT molecular complexity index is 7040. The summed E-state index contributed by atoms with van der Waals surface area (Å²) in [5, 5.41) is 10.9. The molecule has 1 saturated heterocycles. The van der Waals surface area contributed by atoms with Gasteiger partial charge in [0.05, 0.1) is 96.4 Å². The van der Waals surface area contributed by atoms with Crippen LogP contribution in [0.1, 0.15) is 108 Å². The average Bonchev–Trinajstić information content (AvgIpc) is 1.64. The summed E-state index contributed by atoms with van der Waals surface area (Å²) in [6.45, 7) is 21.0. The van der Waals surface area contributed by atoms with E-state index in [9.17, 15) is 14.4 Å². The fourth-order valence-electron chi connectivity index (χ4n) is 13.0. The predicted molar refractivity (Wildman–Crippen MR) is 502 cm³/mol. The molecule has 0 bridgehead atoms. The number of aromatic nitrogens is 20. The minimum absolute atomic E-state index is 0.0338. The molecule has 0 amide bonds. The Morgan fingerprint density at radius 2 is 0.976 bits per heavy atom. The van der Waals surface area contributed by atoms with Gasteiger partial charge in [0.25, 0.3) is 0 Å². The van der Waals surface area contributed by atoms with Crippen LogP contribution in [0.4, 0.5) is 4.79 Å². The molecule has 19 heterocycles. The van der Waals surface area contributed by atoms with Gasteiger partial charge in [0, 0.05) is 114 Å². The summed E-state index contributed by atoms with van der Waals surface area (Å²) in [6, 6.07) is 57.8. The quantitative estimate of drug-likeness (QED) is 0.0496. The van der Waals surface area contributed by atoms with Crippen molar-refractivity contribution < 1.29 is 28.4 Å². The molecule has 1 fully saturated rings. The number of aromatic amines is 1. The Morgan fingerprint density at radius 1 is 0.512 bits per heavy atom. The number of H-pyrrole nitrogens is 1. The first-order valence-electron chi connectivity index (χ1n) is 39.1. The molecule has 27 nitrogen and oxygen atoms in total. The molecule has 34 heteroatoms. The van der Waals surface area contributed by atoms with E-state index in [4.69, 9.17) is 39.0 Å². The molecular weight excluding hydrogens is 1860 g/mol. The van der Waals surface area contributed by atoms with E-state index in [0.717, 1.165) is 159 Å². The zero-order chi connectivity index (χ0) is 88.4. The molecule has 19 rings (SSSR count). The number of nitrogens with zero attached hydrogens (tertiary/aromatic N) is 20. The number of halogens is 4. The van der Waals surface area contributed by atoms with Crippen LogP contribution in [-0.2, 0) is 20.5 Å². The number of alkyl halides is 1. The first-order valence-corrected chi connectivity index (χ1v) is 42.7. The molecule has 1 radical (unpaired) electrons. The number of hydrogen-bond acceptors (Lipinski definition) is 24. The zero-order valence-corrected chi connectivity index (χ0v) is 76.6. The number of ether oxygens (including phenoxy) is 1. The normalized spacial score (nSPS) is 12.8. The van der Waals surface area contributed by atoms with Gasteiger partial charge >= 0.3 is 38.0 Å². The first-order chi connectivity index (χ1) is 59.9. The van der Waals surface area contributed by atoms with Gasteiger partial charge in [0.15, 0.2) is 5.78 Å².